The zero-order valence-corrected chi connectivity index (χ0v) is 16.5. The SMILES string of the molecule is CNCC1CCN(C(=O)C(C)NS(=O)(=O)c2ccc3c(c2)OCCCO3)C1. The molecule has 2 unspecified atom stereocenters. The van der Waals surface area contributed by atoms with Gasteiger partial charge in [-0.15, -0.1) is 0 Å². The van der Waals surface area contributed by atoms with Gasteiger partial charge in [-0.3, -0.25) is 4.79 Å². The average molecular weight is 397 g/mol. The summed E-state index contributed by atoms with van der Waals surface area (Å²) in [5, 5.41) is 3.12. The first kappa shape index (κ1) is 19.9. The fourth-order valence-corrected chi connectivity index (χ4v) is 4.64. The molecule has 9 heteroatoms. The Morgan fingerprint density at radius 1 is 1.30 bits per heavy atom. The Bertz CT molecular complexity index is 783. The third kappa shape index (κ3) is 4.72. The molecule has 0 bridgehead atoms. The summed E-state index contributed by atoms with van der Waals surface area (Å²) >= 11 is 0. The Morgan fingerprint density at radius 2 is 2.04 bits per heavy atom. The van der Waals surface area contributed by atoms with Gasteiger partial charge in [-0.1, -0.05) is 0 Å². The molecule has 0 radical (unpaired) electrons. The van der Waals surface area contributed by atoms with Crippen LogP contribution in [0.1, 0.15) is 19.8 Å². The Balaban J connectivity index is 1.67. The van der Waals surface area contributed by atoms with E-state index in [0.29, 0.717) is 43.7 Å². The van der Waals surface area contributed by atoms with Gasteiger partial charge < -0.3 is 19.7 Å². The fraction of sp³-hybridized carbons (Fsp3) is 0.611. The topological polar surface area (TPSA) is 97.0 Å². The lowest BCUT2D eigenvalue weighted by Crippen LogP contribution is -2.46. The van der Waals surface area contributed by atoms with Gasteiger partial charge in [-0.2, -0.15) is 4.72 Å². The molecule has 27 heavy (non-hydrogen) atoms. The number of nitrogens with zero attached hydrogens (tertiary/aromatic N) is 1. The number of carbonyl (C=O) groups is 1. The van der Waals surface area contributed by atoms with Gasteiger partial charge in [-0.25, -0.2) is 8.42 Å². The van der Waals surface area contributed by atoms with Crippen molar-refractivity contribution in [2.45, 2.75) is 30.7 Å². The second kappa shape index (κ2) is 8.45. The molecular weight excluding hydrogens is 370 g/mol. The Kier molecular flexibility index (Phi) is 6.23. The summed E-state index contributed by atoms with van der Waals surface area (Å²) < 4.78 is 39.0. The lowest BCUT2D eigenvalue weighted by Gasteiger charge is -2.22. The zero-order valence-electron chi connectivity index (χ0n) is 15.7. The smallest absolute Gasteiger partial charge is 0.241 e. The molecule has 1 aromatic rings. The Hall–Kier alpha value is -1.84. The van der Waals surface area contributed by atoms with Crippen molar-refractivity contribution >= 4 is 15.9 Å². The maximum absolute atomic E-state index is 12.7. The minimum atomic E-state index is -3.85. The molecule has 0 spiro atoms. The van der Waals surface area contributed by atoms with Crippen LogP contribution in [0.4, 0.5) is 0 Å². The molecule has 2 atom stereocenters. The number of sulfonamides is 1. The van der Waals surface area contributed by atoms with Gasteiger partial charge in [0, 0.05) is 25.6 Å². The number of benzene rings is 1. The number of likely N-dealkylation sites (tertiary alicyclic amines) is 1. The van der Waals surface area contributed by atoms with E-state index in [1.54, 1.807) is 17.9 Å². The highest BCUT2D eigenvalue weighted by atomic mass is 32.2. The number of fused-ring (bicyclic) bond motifs is 1. The van der Waals surface area contributed by atoms with Gasteiger partial charge in [0.2, 0.25) is 15.9 Å². The van der Waals surface area contributed by atoms with Crippen molar-refractivity contribution in [2.24, 2.45) is 5.92 Å². The van der Waals surface area contributed by atoms with Gasteiger partial charge in [0.25, 0.3) is 0 Å². The van der Waals surface area contributed by atoms with Crippen LogP contribution in [-0.4, -0.2) is 65.2 Å². The molecule has 2 heterocycles. The van der Waals surface area contributed by atoms with E-state index in [4.69, 9.17) is 9.47 Å². The Morgan fingerprint density at radius 3 is 2.78 bits per heavy atom. The minimum absolute atomic E-state index is 0.0564. The van der Waals surface area contributed by atoms with Crippen LogP contribution in [-0.2, 0) is 14.8 Å². The highest BCUT2D eigenvalue weighted by Gasteiger charge is 2.31. The predicted octanol–water partition coefficient (Wildman–Crippen LogP) is 0.583. The normalized spacial score (nSPS) is 21.0. The molecule has 0 aromatic heterocycles. The zero-order chi connectivity index (χ0) is 19.4. The van der Waals surface area contributed by atoms with Crippen LogP contribution in [0.5, 0.6) is 11.5 Å². The summed E-state index contributed by atoms with van der Waals surface area (Å²) in [4.78, 5) is 14.4. The van der Waals surface area contributed by atoms with E-state index >= 15 is 0 Å². The van der Waals surface area contributed by atoms with Crippen LogP contribution in [0, 0.1) is 5.92 Å². The highest BCUT2D eigenvalue weighted by Crippen LogP contribution is 2.32. The Labute approximate surface area is 160 Å². The van der Waals surface area contributed by atoms with E-state index in [1.807, 2.05) is 7.05 Å². The summed E-state index contributed by atoms with van der Waals surface area (Å²) in [7, 11) is -1.96. The van der Waals surface area contributed by atoms with Crippen LogP contribution >= 0.6 is 0 Å². The van der Waals surface area contributed by atoms with E-state index < -0.39 is 16.1 Å². The van der Waals surface area contributed by atoms with E-state index in [9.17, 15) is 13.2 Å². The van der Waals surface area contributed by atoms with Crippen molar-refractivity contribution in [3.63, 3.8) is 0 Å². The third-order valence-electron chi connectivity index (χ3n) is 4.82. The van der Waals surface area contributed by atoms with E-state index in [2.05, 4.69) is 10.0 Å². The summed E-state index contributed by atoms with van der Waals surface area (Å²) in [6, 6.07) is 3.66. The van der Waals surface area contributed by atoms with Gasteiger partial charge in [0.1, 0.15) is 0 Å². The van der Waals surface area contributed by atoms with Gasteiger partial charge >= 0.3 is 0 Å². The molecule has 2 aliphatic heterocycles. The second-order valence-electron chi connectivity index (χ2n) is 7.00. The lowest BCUT2D eigenvalue weighted by atomic mass is 10.1. The number of rotatable bonds is 6. The first-order valence-corrected chi connectivity index (χ1v) is 10.7. The lowest BCUT2D eigenvalue weighted by molar-refractivity contribution is -0.131. The number of hydrogen-bond acceptors (Lipinski definition) is 6. The fourth-order valence-electron chi connectivity index (χ4n) is 3.42. The van der Waals surface area contributed by atoms with Crippen molar-refractivity contribution in [1.82, 2.24) is 14.9 Å². The van der Waals surface area contributed by atoms with Crippen molar-refractivity contribution in [3.05, 3.63) is 18.2 Å². The standard InChI is InChI=1S/C18H27N3O5S/c1-13(18(22)21-7-6-14(12-21)11-19-2)20-27(23,24)15-4-5-16-17(10-15)26-9-3-8-25-16/h4-5,10,13-14,19-20H,3,6-9,11-12H2,1-2H3. The summed E-state index contributed by atoms with van der Waals surface area (Å²) in [6.07, 6.45) is 1.67. The molecule has 1 saturated heterocycles. The average Bonchev–Trinajstić information content (AvgIpc) is 2.97. The van der Waals surface area contributed by atoms with Gasteiger partial charge in [0.15, 0.2) is 11.5 Å². The number of carbonyl (C=O) groups excluding carboxylic acids is 1. The van der Waals surface area contributed by atoms with Crippen LogP contribution in [0.2, 0.25) is 0 Å². The van der Waals surface area contributed by atoms with Crippen molar-refractivity contribution < 1.29 is 22.7 Å². The van der Waals surface area contributed by atoms with Gasteiger partial charge in [0.05, 0.1) is 24.2 Å². The molecule has 1 fully saturated rings. The third-order valence-corrected chi connectivity index (χ3v) is 6.36. The van der Waals surface area contributed by atoms with Crippen LogP contribution in [0.15, 0.2) is 23.1 Å². The number of nitrogens with one attached hydrogen (secondary N) is 2. The predicted molar refractivity (Wildman–Crippen MR) is 100 cm³/mol. The molecule has 3 rings (SSSR count). The monoisotopic (exact) mass is 397 g/mol. The highest BCUT2D eigenvalue weighted by molar-refractivity contribution is 7.89. The molecule has 150 valence electrons. The molecular formula is C18H27N3O5S. The van der Waals surface area contributed by atoms with E-state index in [-0.39, 0.29) is 10.8 Å². The summed E-state index contributed by atoms with van der Waals surface area (Å²) in [5.74, 6) is 1.14. The molecule has 0 saturated carbocycles. The first-order chi connectivity index (χ1) is 12.9. The molecule has 8 nitrogen and oxygen atoms in total. The number of ether oxygens (including phenoxy) is 2. The molecule has 0 aliphatic carbocycles. The van der Waals surface area contributed by atoms with Crippen molar-refractivity contribution in [1.29, 1.82) is 0 Å². The molecule has 1 amide bonds. The van der Waals surface area contributed by atoms with Crippen LogP contribution in [0.25, 0.3) is 0 Å². The number of amides is 1. The number of hydrogen-bond donors (Lipinski definition) is 2. The first-order valence-electron chi connectivity index (χ1n) is 9.26. The summed E-state index contributed by atoms with van der Waals surface area (Å²) in [6.45, 7) is 4.74. The van der Waals surface area contributed by atoms with Crippen LogP contribution < -0.4 is 19.5 Å². The quantitative estimate of drug-likeness (QED) is 0.729. The summed E-state index contributed by atoms with van der Waals surface area (Å²) in [5.41, 5.74) is 0. The minimum Gasteiger partial charge on any atom is -0.490 e. The maximum atomic E-state index is 12.7. The largest absolute Gasteiger partial charge is 0.490 e. The maximum Gasteiger partial charge on any atom is 0.241 e. The van der Waals surface area contributed by atoms with Crippen molar-refractivity contribution in [2.75, 3.05) is 39.9 Å². The van der Waals surface area contributed by atoms with E-state index in [1.165, 1.54) is 12.1 Å². The molecule has 1 aromatic carbocycles. The van der Waals surface area contributed by atoms with E-state index in [0.717, 1.165) is 19.4 Å². The molecule has 2 aliphatic rings. The van der Waals surface area contributed by atoms with Crippen molar-refractivity contribution in [3.8, 4) is 11.5 Å². The van der Waals surface area contributed by atoms with Gasteiger partial charge in [-0.05, 0) is 45.0 Å². The van der Waals surface area contributed by atoms with Crippen LogP contribution in [0.3, 0.4) is 0 Å². The second-order valence-corrected chi connectivity index (χ2v) is 8.71. The molecule has 2 N–H and O–H groups in total.